The van der Waals surface area contributed by atoms with Crippen LogP contribution < -0.4 is 0 Å². The summed E-state index contributed by atoms with van der Waals surface area (Å²) in [4.78, 5) is 52.3. The highest BCUT2D eigenvalue weighted by Gasteiger charge is 2.52. The number of aldehydes is 1. The first kappa shape index (κ1) is 46.8. The molecule has 314 valence electrons. The van der Waals surface area contributed by atoms with Gasteiger partial charge in [-0.2, -0.15) is 0 Å². The van der Waals surface area contributed by atoms with Crippen LogP contribution in [-0.2, 0) is 52.3 Å². The van der Waals surface area contributed by atoms with E-state index in [1.165, 1.54) is 13.2 Å². The maximum absolute atomic E-state index is 13.1. The maximum atomic E-state index is 13.1. The molecule has 0 saturated carbocycles. The van der Waals surface area contributed by atoms with Crippen molar-refractivity contribution in [2.45, 2.75) is 166 Å². The van der Waals surface area contributed by atoms with Gasteiger partial charge in [-0.3, -0.25) is 14.4 Å². The number of methoxy groups -OCH3 is 1. The van der Waals surface area contributed by atoms with Crippen molar-refractivity contribution in [3.05, 3.63) is 24.3 Å². The third kappa shape index (κ3) is 13.2. The molecule has 0 spiro atoms. The fraction of sp³-hybridized carbons (Fsp3) is 0.800. The van der Waals surface area contributed by atoms with Gasteiger partial charge in [-0.05, 0) is 66.1 Å². The number of esters is 2. The van der Waals surface area contributed by atoms with E-state index in [9.17, 15) is 34.5 Å². The molecule has 0 amide bonds. The zero-order valence-electron chi connectivity index (χ0n) is 34.1. The maximum Gasteiger partial charge on any atom is 0.308 e. The summed E-state index contributed by atoms with van der Waals surface area (Å²) in [7, 11) is 4.83. The molecule has 15 nitrogen and oxygen atoms in total. The lowest BCUT2D eigenvalue weighted by Gasteiger charge is -2.50. The molecule has 3 N–H and O–H groups in total. The van der Waals surface area contributed by atoms with Crippen molar-refractivity contribution in [1.82, 2.24) is 4.90 Å². The summed E-state index contributed by atoms with van der Waals surface area (Å²) in [6, 6.07) is -0.768. The van der Waals surface area contributed by atoms with E-state index in [-0.39, 0.29) is 37.4 Å². The number of nitrogens with zero attached hydrogens (tertiary/aromatic N) is 1. The molecule has 0 bridgehead atoms. The number of hydrogen-bond donors (Lipinski definition) is 3. The zero-order chi connectivity index (χ0) is 41.2. The van der Waals surface area contributed by atoms with E-state index in [4.69, 9.17) is 33.2 Å². The molecule has 3 heterocycles. The molecule has 3 aliphatic heterocycles. The minimum atomic E-state index is -1.49. The van der Waals surface area contributed by atoms with Gasteiger partial charge in [0.15, 0.2) is 24.5 Å². The lowest BCUT2D eigenvalue weighted by atomic mass is 9.83. The number of hydrogen-bond acceptors (Lipinski definition) is 15. The van der Waals surface area contributed by atoms with Crippen LogP contribution in [0.2, 0.25) is 0 Å². The van der Waals surface area contributed by atoms with E-state index in [1.54, 1.807) is 71.8 Å². The minimum absolute atomic E-state index is 0.0389. The Morgan fingerprint density at radius 1 is 1.04 bits per heavy atom. The van der Waals surface area contributed by atoms with Crippen LogP contribution >= 0.6 is 0 Å². The molecule has 0 aliphatic carbocycles. The average molecular weight is 784 g/mol. The number of cyclic esters (lactones) is 1. The van der Waals surface area contributed by atoms with Crippen LogP contribution in [0.3, 0.4) is 0 Å². The van der Waals surface area contributed by atoms with E-state index in [0.29, 0.717) is 12.7 Å². The van der Waals surface area contributed by atoms with Crippen molar-refractivity contribution in [3.63, 3.8) is 0 Å². The second kappa shape index (κ2) is 21.2. The molecule has 15 atom stereocenters. The fourth-order valence-electron chi connectivity index (χ4n) is 7.68. The number of aliphatic hydroxyl groups is 3. The van der Waals surface area contributed by atoms with E-state index in [1.807, 2.05) is 13.8 Å². The molecule has 0 unspecified atom stereocenters. The third-order valence-electron chi connectivity index (χ3n) is 10.5. The minimum Gasteiger partial charge on any atom is -0.462 e. The van der Waals surface area contributed by atoms with Crippen LogP contribution in [-0.4, -0.2) is 145 Å². The summed E-state index contributed by atoms with van der Waals surface area (Å²) in [5, 5.41) is 34.7. The molecule has 0 aromatic heterocycles. The summed E-state index contributed by atoms with van der Waals surface area (Å²) in [5.74, 6) is -2.50. The van der Waals surface area contributed by atoms with Crippen LogP contribution in [0.5, 0.6) is 0 Å². The molecule has 0 aromatic rings. The lowest BCUT2D eigenvalue weighted by Crippen LogP contribution is -2.66. The Balaban J connectivity index is 1.90. The molecule has 0 aromatic carbocycles. The van der Waals surface area contributed by atoms with Crippen molar-refractivity contribution in [3.8, 4) is 0 Å². The third-order valence-corrected chi connectivity index (χ3v) is 10.5. The first-order valence-corrected chi connectivity index (χ1v) is 19.4. The highest BCUT2D eigenvalue weighted by atomic mass is 16.7. The van der Waals surface area contributed by atoms with Crippen molar-refractivity contribution < 1.29 is 67.7 Å². The Labute approximate surface area is 325 Å². The quantitative estimate of drug-likeness (QED) is 0.204. The summed E-state index contributed by atoms with van der Waals surface area (Å²) >= 11 is 0. The van der Waals surface area contributed by atoms with Crippen molar-refractivity contribution in [1.29, 1.82) is 0 Å². The Morgan fingerprint density at radius 2 is 1.73 bits per heavy atom. The van der Waals surface area contributed by atoms with Gasteiger partial charge in [0, 0.05) is 38.7 Å². The van der Waals surface area contributed by atoms with Gasteiger partial charge in [-0.1, -0.05) is 39.0 Å². The fourth-order valence-corrected chi connectivity index (χ4v) is 7.68. The first-order valence-electron chi connectivity index (χ1n) is 19.4. The number of rotatable bonds is 11. The second-order valence-corrected chi connectivity index (χ2v) is 16.2. The Hall–Kier alpha value is -2.60. The van der Waals surface area contributed by atoms with Crippen LogP contribution in [0.25, 0.3) is 0 Å². The number of ether oxygens (including phenoxy) is 7. The molecule has 55 heavy (non-hydrogen) atoms. The van der Waals surface area contributed by atoms with E-state index >= 15 is 0 Å². The van der Waals surface area contributed by atoms with Crippen LogP contribution in [0.4, 0.5) is 0 Å². The van der Waals surface area contributed by atoms with Gasteiger partial charge >= 0.3 is 11.9 Å². The molecular weight excluding hydrogens is 718 g/mol. The number of ketones is 1. The Kier molecular flexibility index (Phi) is 18.1. The molecule has 0 radical (unpaired) electrons. The van der Waals surface area contributed by atoms with Crippen LogP contribution in [0.15, 0.2) is 24.3 Å². The predicted octanol–water partition coefficient (Wildman–Crippen LogP) is 2.65. The monoisotopic (exact) mass is 783 g/mol. The smallest absolute Gasteiger partial charge is 0.308 e. The van der Waals surface area contributed by atoms with Crippen molar-refractivity contribution in [2.75, 3.05) is 21.2 Å². The summed E-state index contributed by atoms with van der Waals surface area (Å²) in [6.07, 6.45) is -3.87. The molecule has 15 heteroatoms. The van der Waals surface area contributed by atoms with Gasteiger partial charge in [0.1, 0.15) is 36.3 Å². The van der Waals surface area contributed by atoms with E-state index in [0.717, 1.165) is 0 Å². The summed E-state index contributed by atoms with van der Waals surface area (Å²) in [5.41, 5.74) is -1.49. The SMILES string of the molecule is CO[C@@H]1[C@@H](O[C@@H]2O[C@H](C)[C@@H](O[C@H]3C[C@@](C)(O)[C@@H](OC(=O)CC(C)C)[C@H](C)O3)[C@H](N(C)C)[C@H]2O)[C@@H](CC=O)C[C@@H](C)C(=O)/C=C/C=C\C[C@@H](C)OC(=O)C[C@H]1O. The molecule has 3 rings (SSSR count). The number of likely N-dealkylation sites (N-methyl/N-ethyl adjacent to an activating group) is 1. The average Bonchev–Trinajstić information content (AvgIpc) is 3.06. The molecular formula is C40H65NO14. The zero-order valence-corrected chi connectivity index (χ0v) is 34.1. The normalized spacial score (nSPS) is 41.1. The first-order chi connectivity index (χ1) is 25.8. The van der Waals surface area contributed by atoms with Gasteiger partial charge in [0.2, 0.25) is 0 Å². The molecule has 3 aliphatic rings. The van der Waals surface area contributed by atoms with Crippen molar-refractivity contribution >= 4 is 24.0 Å². The van der Waals surface area contributed by atoms with Gasteiger partial charge in [-0.25, -0.2) is 0 Å². The van der Waals surface area contributed by atoms with Gasteiger partial charge < -0.3 is 58.2 Å². The number of carbonyl (C=O) groups excluding carboxylic acids is 4. The van der Waals surface area contributed by atoms with Crippen LogP contribution in [0, 0.1) is 17.8 Å². The highest BCUT2D eigenvalue weighted by molar-refractivity contribution is 5.91. The summed E-state index contributed by atoms with van der Waals surface area (Å²) < 4.78 is 42.3. The largest absolute Gasteiger partial charge is 0.462 e. The number of aliphatic hydroxyl groups excluding tert-OH is 2. The molecule has 2 fully saturated rings. The van der Waals surface area contributed by atoms with E-state index < -0.39 is 109 Å². The predicted molar refractivity (Wildman–Crippen MR) is 199 cm³/mol. The Bertz CT molecular complexity index is 1320. The standard InChI is InChI=1S/C40H65NO14/c1-22(2)18-30(45)53-38-26(6)51-32(21-40(38,7)48)54-35-25(5)52-39(34(47)33(35)41(8)9)55-36-27(16-17-42)19-23(3)28(43)15-13-11-12-14-24(4)50-31(46)20-29(44)37(36)49-10/h11-13,15,17,22-27,29,32-39,44,47-48H,14,16,18-21H2,1-10H3/b12-11-,15-13+/t23-,24-,25-,26+,27+,29-,32+,33-,34-,35-,36+,37+,38+,39+,40-/m1/s1. The topological polar surface area (TPSA) is 197 Å². The van der Waals surface area contributed by atoms with Gasteiger partial charge in [0.25, 0.3) is 0 Å². The molecule has 2 saturated heterocycles. The van der Waals surface area contributed by atoms with E-state index in [2.05, 4.69) is 0 Å². The van der Waals surface area contributed by atoms with Crippen molar-refractivity contribution in [2.24, 2.45) is 17.8 Å². The second-order valence-electron chi connectivity index (χ2n) is 16.2. The van der Waals surface area contributed by atoms with Gasteiger partial charge in [-0.15, -0.1) is 0 Å². The Morgan fingerprint density at radius 3 is 2.33 bits per heavy atom. The van der Waals surface area contributed by atoms with Crippen LogP contribution in [0.1, 0.15) is 87.0 Å². The summed E-state index contributed by atoms with van der Waals surface area (Å²) in [6.45, 7) is 12.2. The highest BCUT2D eigenvalue weighted by Crippen LogP contribution is 2.37. The lowest BCUT2D eigenvalue weighted by molar-refractivity contribution is -0.344. The van der Waals surface area contributed by atoms with Gasteiger partial charge in [0.05, 0.1) is 36.9 Å². The number of allylic oxidation sites excluding steroid dienone is 3. The number of carbonyl (C=O) groups is 4.